The predicted molar refractivity (Wildman–Crippen MR) is 54.3 cm³/mol. The number of rotatable bonds is 4. The number of halogens is 2. The maximum atomic E-state index is 12.1. The van der Waals surface area contributed by atoms with Crippen LogP contribution in [0.25, 0.3) is 0 Å². The number of aryl methyl sites for hydroxylation is 1. The average molecular weight is 267 g/mol. The van der Waals surface area contributed by atoms with Gasteiger partial charge in [0.2, 0.25) is 5.75 Å². The molecule has 0 aromatic heterocycles. The molecule has 0 aliphatic carbocycles. The predicted octanol–water partition coefficient (Wildman–Crippen LogP) is 2.69. The van der Waals surface area contributed by atoms with Crippen LogP contribution in [-0.4, -0.2) is 16.0 Å². The van der Waals surface area contributed by atoms with Crippen LogP contribution in [0, 0.1) is 17.0 Å². The highest BCUT2D eigenvalue weighted by Crippen LogP contribution is 2.50. The van der Waals surface area contributed by atoms with Gasteiger partial charge in [0, 0.05) is 6.07 Å². The van der Waals surface area contributed by atoms with Crippen LogP contribution in [0.4, 0.5) is 14.5 Å². The Bertz CT molecular complexity index is 493. The van der Waals surface area contributed by atoms with E-state index in [9.17, 15) is 23.5 Å². The third-order valence-corrected chi connectivity index (χ3v) is 2.74. The van der Waals surface area contributed by atoms with Crippen LogP contribution in [0.3, 0.4) is 0 Å². The van der Waals surface area contributed by atoms with Crippen LogP contribution in [0.1, 0.15) is 5.56 Å². The van der Waals surface area contributed by atoms with E-state index in [0.717, 1.165) is 12.1 Å². The molecule has 1 rings (SSSR count). The van der Waals surface area contributed by atoms with Crippen molar-refractivity contribution in [2.45, 2.75) is 13.1 Å². The summed E-state index contributed by atoms with van der Waals surface area (Å²) in [6, 6.07) is 3.40. The first kappa shape index (κ1) is 13.5. The van der Waals surface area contributed by atoms with Gasteiger partial charge in [0.1, 0.15) is 0 Å². The molecule has 0 aliphatic heterocycles. The molecule has 0 fully saturated rings. The summed E-state index contributed by atoms with van der Waals surface area (Å²) < 4.78 is 39.2. The molecule has 0 saturated carbocycles. The van der Waals surface area contributed by atoms with E-state index in [1.54, 1.807) is 6.92 Å². The molecule has 94 valence electrons. The fraction of sp³-hybridized carbons (Fsp3) is 0.250. The van der Waals surface area contributed by atoms with E-state index in [2.05, 4.69) is 4.52 Å². The number of alkyl halides is 2. The first-order chi connectivity index (χ1) is 7.74. The molecule has 1 atom stereocenters. The summed E-state index contributed by atoms with van der Waals surface area (Å²) in [6.45, 7) is 1.54. The Morgan fingerprint density at radius 2 is 2.12 bits per heavy atom. The van der Waals surface area contributed by atoms with Crippen LogP contribution < -0.4 is 4.52 Å². The van der Waals surface area contributed by atoms with Crippen molar-refractivity contribution in [1.29, 1.82) is 0 Å². The Labute approximate surface area is 94.5 Å². The van der Waals surface area contributed by atoms with Gasteiger partial charge < -0.3 is 9.42 Å². The minimum Gasteiger partial charge on any atom is -0.413 e. The molecule has 17 heavy (non-hydrogen) atoms. The van der Waals surface area contributed by atoms with Crippen LogP contribution in [0.15, 0.2) is 18.2 Å². The Hall–Kier alpha value is -1.53. The Morgan fingerprint density at radius 1 is 1.53 bits per heavy atom. The average Bonchev–Trinajstić information content (AvgIpc) is 2.19. The highest BCUT2D eigenvalue weighted by molar-refractivity contribution is 7.53. The number of nitrogens with zero attached hydrogens (tertiary/aromatic N) is 1. The fourth-order valence-electron chi connectivity index (χ4n) is 1.03. The molecule has 0 saturated heterocycles. The summed E-state index contributed by atoms with van der Waals surface area (Å²) in [5, 5.41) is 10.6. The van der Waals surface area contributed by atoms with Gasteiger partial charge in [-0.1, -0.05) is 6.07 Å². The number of hydrogen-bond donors (Lipinski definition) is 1. The first-order valence-electron chi connectivity index (χ1n) is 4.29. The highest BCUT2D eigenvalue weighted by atomic mass is 31.2. The van der Waals surface area contributed by atoms with Gasteiger partial charge in [-0.05, 0) is 18.6 Å². The van der Waals surface area contributed by atoms with Gasteiger partial charge in [0.25, 0.3) is 0 Å². The van der Waals surface area contributed by atoms with Gasteiger partial charge >= 0.3 is 19.4 Å². The lowest BCUT2D eigenvalue weighted by Gasteiger charge is -2.12. The summed E-state index contributed by atoms with van der Waals surface area (Å²) >= 11 is 0. The third kappa shape index (κ3) is 3.21. The van der Waals surface area contributed by atoms with E-state index in [-0.39, 0.29) is 0 Å². The minimum absolute atomic E-state index is 0.494. The molecule has 1 aromatic rings. The quantitative estimate of drug-likeness (QED) is 0.514. The second-order valence-corrected chi connectivity index (χ2v) is 4.86. The highest BCUT2D eigenvalue weighted by Gasteiger charge is 2.36. The van der Waals surface area contributed by atoms with Crippen LogP contribution in [0.5, 0.6) is 5.75 Å². The van der Waals surface area contributed by atoms with E-state index in [1.165, 1.54) is 6.07 Å². The second kappa shape index (κ2) is 4.77. The van der Waals surface area contributed by atoms with Crippen molar-refractivity contribution in [2.24, 2.45) is 0 Å². The van der Waals surface area contributed by atoms with Crippen LogP contribution >= 0.6 is 7.60 Å². The summed E-state index contributed by atoms with van der Waals surface area (Å²) in [5.74, 6) is -0.660. The van der Waals surface area contributed by atoms with E-state index in [4.69, 9.17) is 4.89 Å². The molecule has 9 heteroatoms. The van der Waals surface area contributed by atoms with Crippen molar-refractivity contribution >= 4 is 13.3 Å². The molecular formula is C8H8F2NO5P. The molecule has 1 unspecified atom stereocenters. The van der Waals surface area contributed by atoms with Gasteiger partial charge in [0.15, 0.2) is 0 Å². The number of hydrogen-bond acceptors (Lipinski definition) is 4. The summed E-state index contributed by atoms with van der Waals surface area (Å²) in [6.07, 6.45) is -3.62. The zero-order valence-corrected chi connectivity index (χ0v) is 9.43. The largest absolute Gasteiger partial charge is 0.442 e. The van der Waals surface area contributed by atoms with E-state index in [0.29, 0.717) is 5.56 Å². The maximum Gasteiger partial charge on any atom is 0.442 e. The summed E-state index contributed by atoms with van der Waals surface area (Å²) in [7, 11) is -5.21. The zero-order valence-electron chi connectivity index (χ0n) is 8.54. The number of benzene rings is 1. The van der Waals surface area contributed by atoms with Gasteiger partial charge in [-0.2, -0.15) is 8.78 Å². The van der Waals surface area contributed by atoms with Crippen molar-refractivity contribution in [3.8, 4) is 5.75 Å². The SMILES string of the molecule is Cc1ccc(OP(=O)(O)C(F)F)c([N+](=O)[O-])c1. The summed E-state index contributed by atoms with van der Waals surface area (Å²) in [5.41, 5.74) is -0.145. The molecular weight excluding hydrogens is 259 g/mol. The topological polar surface area (TPSA) is 89.7 Å². The van der Waals surface area contributed by atoms with E-state index in [1.807, 2.05) is 0 Å². The Kier molecular flexibility index (Phi) is 3.79. The first-order valence-corrected chi connectivity index (χ1v) is 5.94. The van der Waals surface area contributed by atoms with Gasteiger partial charge in [-0.25, -0.2) is 4.57 Å². The van der Waals surface area contributed by atoms with Crippen molar-refractivity contribution in [3.05, 3.63) is 33.9 Å². The fourth-order valence-corrected chi connectivity index (χ4v) is 1.54. The van der Waals surface area contributed by atoms with Crippen LogP contribution in [-0.2, 0) is 4.57 Å². The Balaban J connectivity index is 3.15. The smallest absolute Gasteiger partial charge is 0.413 e. The number of nitro groups is 1. The van der Waals surface area contributed by atoms with Crippen molar-refractivity contribution in [1.82, 2.24) is 0 Å². The summed E-state index contributed by atoms with van der Waals surface area (Å²) in [4.78, 5) is 18.5. The molecule has 0 heterocycles. The normalized spacial score (nSPS) is 14.4. The second-order valence-electron chi connectivity index (χ2n) is 3.16. The lowest BCUT2D eigenvalue weighted by atomic mass is 10.2. The van der Waals surface area contributed by atoms with E-state index < -0.39 is 30.1 Å². The van der Waals surface area contributed by atoms with Crippen molar-refractivity contribution in [2.75, 3.05) is 0 Å². The van der Waals surface area contributed by atoms with E-state index >= 15 is 0 Å². The molecule has 0 radical (unpaired) electrons. The minimum atomic E-state index is -5.21. The standard InChI is InChI=1S/C8H8F2NO5P/c1-5-2-3-7(6(4-5)11(12)13)16-17(14,15)8(9)10/h2-4,8H,1H3,(H,14,15). The third-order valence-electron chi connectivity index (χ3n) is 1.79. The lowest BCUT2D eigenvalue weighted by Crippen LogP contribution is -2.03. The zero-order chi connectivity index (χ0) is 13.2. The molecule has 0 bridgehead atoms. The lowest BCUT2D eigenvalue weighted by molar-refractivity contribution is -0.385. The monoisotopic (exact) mass is 267 g/mol. The molecule has 1 aromatic carbocycles. The van der Waals surface area contributed by atoms with Crippen LogP contribution in [0.2, 0.25) is 0 Å². The molecule has 1 N–H and O–H groups in total. The number of nitro benzene ring substituents is 1. The van der Waals surface area contributed by atoms with Crippen molar-refractivity contribution < 1.29 is 27.7 Å². The van der Waals surface area contributed by atoms with Gasteiger partial charge in [0.05, 0.1) is 4.92 Å². The van der Waals surface area contributed by atoms with Crippen molar-refractivity contribution in [3.63, 3.8) is 0 Å². The molecule has 0 amide bonds. The maximum absolute atomic E-state index is 12.1. The Morgan fingerprint density at radius 3 is 2.59 bits per heavy atom. The molecule has 0 spiro atoms. The molecule has 0 aliphatic rings. The van der Waals surface area contributed by atoms with Gasteiger partial charge in [-0.15, -0.1) is 0 Å². The molecule has 6 nitrogen and oxygen atoms in total. The van der Waals surface area contributed by atoms with Gasteiger partial charge in [-0.3, -0.25) is 10.1 Å².